The van der Waals surface area contributed by atoms with Gasteiger partial charge in [-0.2, -0.15) is 0 Å². The van der Waals surface area contributed by atoms with Gasteiger partial charge in [-0.3, -0.25) is 14.9 Å². The molecule has 6 heteroatoms. The molecule has 1 N–H and O–H groups in total. The molecule has 0 spiro atoms. The van der Waals surface area contributed by atoms with E-state index in [1.165, 1.54) is 6.07 Å². The van der Waals surface area contributed by atoms with Gasteiger partial charge in [0.2, 0.25) is 0 Å². The van der Waals surface area contributed by atoms with E-state index in [1.807, 2.05) is 4.90 Å². The van der Waals surface area contributed by atoms with Crippen LogP contribution in [-0.2, 0) is 6.54 Å². The maximum absolute atomic E-state index is 13.0. The molecule has 6 rings (SSSR count). The first-order valence-electron chi connectivity index (χ1n) is 8.70. The van der Waals surface area contributed by atoms with Crippen LogP contribution in [0.5, 0.6) is 0 Å². The second-order valence-corrected chi connectivity index (χ2v) is 8.36. The summed E-state index contributed by atoms with van der Waals surface area (Å²) in [6.07, 6.45) is 5.33. The second-order valence-electron chi connectivity index (χ2n) is 8.36. The monoisotopic (exact) mass is 328 g/mol. The number of benzene rings is 1. The van der Waals surface area contributed by atoms with Gasteiger partial charge >= 0.3 is 0 Å². The number of amides is 1. The van der Waals surface area contributed by atoms with Gasteiger partial charge in [0.15, 0.2) is 0 Å². The Morgan fingerprint density at radius 1 is 1.21 bits per heavy atom. The Hall–Kier alpha value is -1.95. The van der Waals surface area contributed by atoms with Gasteiger partial charge in [-0.15, -0.1) is 0 Å². The minimum atomic E-state index is -0.648. The molecule has 1 aliphatic heterocycles. The predicted octanol–water partition coefficient (Wildman–Crippen LogP) is 2.63. The number of nitrogens with zero attached hydrogens (tertiary/aromatic N) is 2. The summed E-state index contributed by atoms with van der Waals surface area (Å²) in [5, 5.41) is 22.2. The minimum Gasteiger partial charge on any atom is -0.390 e. The van der Waals surface area contributed by atoms with Gasteiger partial charge in [-0.05, 0) is 56.4 Å². The fraction of sp³-hybridized carbons (Fsp3) is 0.611. The molecule has 1 aromatic rings. The average Bonchev–Trinajstić information content (AvgIpc) is 2.82. The van der Waals surface area contributed by atoms with E-state index in [9.17, 15) is 20.0 Å². The lowest BCUT2D eigenvalue weighted by molar-refractivity contribution is -0.385. The Kier molecular flexibility index (Phi) is 2.62. The maximum Gasteiger partial charge on any atom is 0.275 e. The standard InChI is InChI=1S/C18H20N2O4/c21-16-13-2-1-3-15(20(23)24)14(13)9-19(16)17-5-11-4-12(6-17)8-18(22,7-11)10-17/h1-3,11-12,22H,4-10H2. The highest BCUT2D eigenvalue weighted by molar-refractivity contribution is 6.00. The molecule has 5 aliphatic rings. The Morgan fingerprint density at radius 2 is 1.92 bits per heavy atom. The molecule has 2 atom stereocenters. The summed E-state index contributed by atoms with van der Waals surface area (Å²) >= 11 is 0. The van der Waals surface area contributed by atoms with Crippen LogP contribution in [0.25, 0.3) is 0 Å². The van der Waals surface area contributed by atoms with Crippen molar-refractivity contribution >= 4 is 11.6 Å². The quantitative estimate of drug-likeness (QED) is 0.668. The zero-order chi connectivity index (χ0) is 16.7. The van der Waals surface area contributed by atoms with Crippen molar-refractivity contribution in [3.05, 3.63) is 39.4 Å². The Bertz CT molecular complexity index is 760. The molecule has 4 aliphatic carbocycles. The van der Waals surface area contributed by atoms with Gasteiger partial charge in [0.25, 0.3) is 11.6 Å². The summed E-state index contributed by atoms with van der Waals surface area (Å²) < 4.78 is 0. The van der Waals surface area contributed by atoms with Crippen molar-refractivity contribution in [3.8, 4) is 0 Å². The normalized spacial score (nSPS) is 39.4. The first kappa shape index (κ1) is 14.4. The molecule has 126 valence electrons. The van der Waals surface area contributed by atoms with Crippen LogP contribution in [0.2, 0.25) is 0 Å². The summed E-state index contributed by atoms with van der Waals surface area (Å²) in [6, 6.07) is 4.76. The van der Waals surface area contributed by atoms with Gasteiger partial charge in [0, 0.05) is 11.6 Å². The number of carbonyl (C=O) groups is 1. The maximum atomic E-state index is 13.0. The summed E-state index contributed by atoms with van der Waals surface area (Å²) in [4.78, 5) is 25.8. The summed E-state index contributed by atoms with van der Waals surface area (Å²) in [5.74, 6) is 0.852. The molecule has 0 radical (unpaired) electrons. The van der Waals surface area contributed by atoms with Crippen LogP contribution < -0.4 is 0 Å². The van der Waals surface area contributed by atoms with Gasteiger partial charge in [-0.1, -0.05) is 6.07 Å². The fourth-order valence-electron chi connectivity index (χ4n) is 6.35. The van der Waals surface area contributed by atoms with Crippen molar-refractivity contribution < 1.29 is 14.8 Å². The van der Waals surface area contributed by atoms with Crippen LogP contribution in [0, 0.1) is 22.0 Å². The molecule has 2 unspecified atom stereocenters. The first-order valence-corrected chi connectivity index (χ1v) is 8.70. The Morgan fingerprint density at radius 3 is 2.54 bits per heavy atom. The smallest absolute Gasteiger partial charge is 0.275 e. The van der Waals surface area contributed by atoms with E-state index in [0.29, 0.717) is 35.9 Å². The van der Waals surface area contributed by atoms with E-state index < -0.39 is 10.5 Å². The van der Waals surface area contributed by atoms with Crippen LogP contribution in [-0.4, -0.2) is 32.0 Å². The van der Waals surface area contributed by atoms with Gasteiger partial charge < -0.3 is 10.0 Å². The van der Waals surface area contributed by atoms with E-state index in [1.54, 1.807) is 12.1 Å². The Balaban J connectivity index is 1.56. The highest BCUT2D eigenvalue weighted by atomic mass is 16.6. The SMILES string of the molecule is O=C1c2cccc([N+](=O)[O-])c2CN1C12CC3CC(CC(O)(C3)C1)C2. The highest BCUT2D eigenvalue weighted by Gasteiger charge is 2.61. The van der Waals surface area contributed by atoms with E-state index >= 15 is 0 Å². The van der Waals surface area contributed by atoms with Crippen LogP contribution in [0.1, 0.15) is 54.4 Å². The lowest BCUT2D eigenvalue weighted by Gasteiger charge is -2.62. The number of hydrogen-bond donors (Lipinski definition) is 1. The zero-order valence-corrected chi connectivity index (χ0v) is 13.4. The number of aliphatic hydroxyl groups is 1. The molecule has 4 saturated carbocycles. The van der Waals surface area contributed by atoms with Crippen LogP contribution >= 0.6 is 0 Å². The molecule has 24 heavy (non-hydrogen) atoms. The van der Waals surface area contributed by atoms with Crippen molar-refractivity contribution in [1.82, 2.24) is 4.90 Å². The lowest BCUT2D eigenvalue weighted by Crippen LogP contribution is -2.65. The molecule has 1 aromatic carbocycles. The van der Waals surface area contributed by atoms with Crippen molar-refractivity contribution in [1.29, 1.82) is 0 Å². The topological polar surface area (TPSA) is 83.7 Å². The number of nitro benzene ring substituents is 1. The number of hydrogen-bond acceptors (Lipinski definition) is 4. The summed E-state index contributed by atoms with van der Waals surface area (Å²) in [7, 11) is 0. The molecule has 4 bridgehead atoms. The van der Waals surface area contributed by atoms with Gasteiger partial charge in [0.1, 0.15) is 0 Å². The average molecular weight is 328 g/mol. The molecule has 1 amide bonds. The van der Waals surface area contributed by atoms with E-state index in [0.717, 1.165) is 32.1 Å². The van der Waals surface area contributed by atoms with Crippen molar-refractivity contribution in [2.24, 2.45) is 11.8 Å². The largest absolute Gasteiger partial charge is 0.390 e. The van der Waals surface area contributed by atoms with E-state index in [-0.39, 0.29) is 17.1 Å². The van der Waals surface area contributed by atoms with E-state index in [2.05, 4.69) is 0 Å². The van der Waals surface area contributed by atoms with Crippen molar-refractivity contribution in [2.75, 3.05) is 0 Å². The number of rotatable bonds is 2. The first-order chi connectivity index (χ1) is 11.4. The molecule has 6 nitrogen and oxygen atoms in total. The third kappa shape index (κ3) is 1.77. The van der Waals surface area contributed by atoms with Crippen LogP contribution in [0.3, 0.4) is 0 Å². The molecule has 0 aromatic heterocycles. The highest BCUT2D eigenvalue weighted by Crippen LogP contribution is 2.60. The predicted molar refractivity (Wildman–Crippen MR) is 85.3 cm³/mol. The summed E-state index contributed by atoms with van der Waals surface area (Å²) in [6.45, 7) is 0.306. The van der Waals surface area contributed by atoms with Gasteiger partial charge in [-0.25, -0.2) is 0 Å². The molecule has 4 fully saturated rings. The van der Waals surface area contributed by atoms with Crippen molar-refractivity contribution in [2.45, 2.75) is 56.2 Å². The number of nitro groups is 1. The third-order valence-corrected chi connectivity index (χ3v) is 6.71. The molecular formula is C18H20N2O4. The minimum absolute atomic E-state index is 0.0341. The molecular weight excluding hydrogens is 308 g/mol. The third-order valence-electron chi connectivity index (χ3n) is 6.71. The zero-order valence-electron chi connectivity index (χ0n) is 13.4. The molecule has 1 heterocycles. The number of carbonyl (C=O) groups excluding carboxylic acids is 1. The number of fused-ring (bicyclic) bond motifs is 1. The second kappa shape index (κ2) is 4.36. The van der Waals surface area contributed by atoms with Crippen LogP contribution in [0.4, 0.5) is 5.69 Å². The summed E-state index contributed by atoms with van der Waals surface area (Å²) in [5.41, 5.74) is 0.0717. The van der Waals surface area contributed by atoms with Gasteiger partial charge in [0.05, 0.1) is 28.2 Å². The molecule has 0 saturated heterocycles. The Labute approximate surface area is 139 Å². The lowest BCUT2D eigenvalue weighted by atomic mass is 9.50. The van der Waals surface area contributed by atoms with Crippen molar-refractivity contribution in [3.63, 3.8) is 0 Å². The van der Waals surface area contributed by atoms with Crippen LogP contribution in [0.15, 0.2) is 18.2 Å². The van der Waals surface area contributed by atoms with E-state index in [4.69, 9.17) is 0 Å². The fourth-order valence-corrected chi connectivity index (χ4v) is 6.35.